The summed E-state index contributed by atoms with van der Waals surface area (Å²) in [5, 5.41) is 0. The van der Waals surface area contributed by atoms with Crippen molar-refractivity contribution in [2.75, 3.05) is 0 Å². The molecule has 1 heteroatoms. The molecule has 2 aromatic rings. The van der Waals surface area contributed by atoms with Crippen LogP contribution >= 0.6 is 0 Å². The molecule has 0 unspecified atom stereocenters. The summed E-state index contributed by atoms with van der Waals surface area (Å²) >= 11 is 0. The first-order valence-corrected chi connectivity index (χ1v) is 10.0. The molecule has 0 spiro atoms. The van der Waals surface area contributed by atoms with Crippen molar-refractivity contribution in [1.29, 1.82) is 0 Å². The van der Waals surface area contributed by atoms with Crippen molar-refractivity contribution >= 4 is 0 Å². The third-order valence-electron chi connectivity index (χ3n) is 5.50. The summed E-state index contributed by atoms with van der Waals surface area (Å²) in [7, 11) is 0. The van der Waals surface area contributed by atoms with Gasteiger partial charge in [-0.3, -0.25) is 0 Å². The Labute approximate surface area is 163 Å². The van der Waals surface area contributed by atoms with Crippen LogP contribution < -0.4 is 0 Å². The van der Waals surface area contributed by atoms with Crippen LogP contribution in [0.25, 0.3) is 0 Å². The van der Waals surface area contributed by atoms with Gasteiger partial charge in [-0.15, -0.1) is 5.92 Å². The predicted octanol–water partition coefficient (Wildman–Crippen LogP) is 6.67. The van der Waals surface area contributed by atoms with Crippen LogP contribution in [0.1, 0.15) is 80.5 Å². The summed E-state index contributed by atoms with van der Waals surface area (Å²) in [5.74, 6) is 13.1. The topological polar surface area (TPSA) is 0 Å². The number of halogens is 1. The van der Waals surface area contributed by atoms with E-state index in [0.717, 1.165) is 22.6 Å². The summed E-state index contributed by atoms with van der Waals surface area (Å²) in [6, 6.07) is 13.3. The molecular weight excluding hydrogens is 331 g/mol. The van der Waals surface area contributed by atoms with Crippen molar-refractivity contribution in [2.45, 2.75) is 58.3 Å². The maximum atomic E-state index is 14.5. The molecule has 0 radical (unpaired) electrons. The van der Waals surface area contributed by atoms with E-state index in [-0.39, 0.29) is 5.82 Å². The molecule has 0 aromatic heterocycles. The van der Waals surface area contributed by atoms with Gasteiger partial charge in [-0.05, 0) is 86.4 Å². The zero-order valence-electron chi connectivity index (χ0n) is 16.3. The number of hydrogen-bond acceptors (Lipinski definition) is 0. The van der Waals surface area contributed by atoms with E-state index in [1.807, 2.05) is 37.3 Å². The molecule has 3 rings (SSSR count). The van der Waals surface area contributed by atoms with Crippen LogP contribution in [0, 0.1) is 35.4 Å². The Morgan fingerprint density at radius 2 is 1.56 bits per heavy atom. The van der Waals surface area contributed by atoms with Gasteiger partial charge in [0.05, 0.1) is 5.56 Å². The summed E-state index contributed by atoms with van der Waals surface area (Å²) in [6.45, 7) is 4.08. The summed E-state index contributed by atoms with van der Waals surface area (Å²) in [4.78, 5) is 0. The average molecular weight is 359 g/mol. The molecule has 1 saturated carbocycles. The van der Waals surface area contributed by atoms with Gasteiger partial charge < -0.3 is 0 Å². The van der Waals surface area contributed by atoms with Gasteiger partial charge in [-0.2, -0.15) is 0 Å². The molecule has 0 heterocycles. The molecule has 0 bridgehead atoms. The van der Waals surface area contributed by atoms with Gasteiger partial charge in [0.2, 0.25) is 0 Å². The lowest BCUT2D eigenvalue weighted by molar-refractivity contribution is 0.308. The van der Waals surface area contributed by atoms with Crippen LogP contribution in [0.5, 0.6) is 0 Å². The first-order valence-electron chi connectivity index (χ1n) is 10.0. The molecule has 0 aliphatic heterocycles. The predicted molar refractivity (Wildman–Crippen MR) is 111 cm³/mol. The third-order valence-corrected chi connectivity index (χ3v) is 5.50. The Morgan fingerprint density at radius 3 is 2.15 bits per heavy atom. The van der Waals surface area contributed by atoms with E-state index in [1.54, 1.807) is 6.07 Å². The molecule has 0 atom stereocenters. The lowest BCUT2D eigenvalue weighted by atomic mass is 9.77. The second-order valence-electron chi connectivity index (χ2n) is 7.45. The van der Waals surface area contributed by atoms with E-state index < -0.39 is 0 Å². The van der Waals surface area contributed by atoms with Crippen molar-refractivity contribution in [3.8, 4) is 23.7 Å². The van der Waals surface area contributed by atoms with Crippen LogP contribution in [0.3, 0.4) is 0 Å². The smallest absolute Gasteiger partial charge is 0.139 e. The first-order chi connectivity index (χ1) is 13.2. The Hall–Kier alpha value is -2.51. The number of hydrogen-bond donors (Lipinski definition) is 0. The van der Waals surface area contributed by atoms with Crippen LogP contribution in [0.2, 0.25) is 0 Å². The molecule has 2 aromatic carbocycles. The molecule has 0 saturated heterocycles. The molecule has 0 N–H and O–H groups in total. The van der Waals surface area contributed by atoms with Crippen LogP contribution in [-0.4, -0.2) is 0 Å². The summed E-state index contributed by atoms with van der Waals surface area (Å²) in [5.41, 5.74) is 3.44. The van der Waals surface area contributed by atoms with Crippen LogP contribution in [0.15, 0.2) is 42.5 Å². The molecule has 27 heavy (non-hydrogen) atoms. The minimum atomic E-state index is -0.204. The van der Waals surface area contributed by atoms with E-state index in [4.69, 9.17) is 0 Å². The zero-order valence-corrected chi connectivity index (χ0v) is 16.3. The third kappa shape index (κ3) is 5.24. The maximum Gasteiger partial charge on any atom is 0.139 e. The standard InChI is InChI=1S/C26H27F/c1-3-5-20-7-9-22(10-8-20)13-16-24-17-18-25(19-26(24)27)23-14-11-21(6-4-2)12-15-23/h7-10,17-19,21,23H,4,6,11-12,14-15H2,1-2H3. The molecule has 1 aliphatic rings. The second-order valence-corrected chi connectivity index (χ2v) is 7.45. The SMILES string of the molecule is CC#Cc1ccc(C#Cc2ccc(C3CCC(CCC)CC3)cc2F)cc1. The first kappa shape index (κ1) is 19.3. The van der Waals surface area contributed by atoms with Gasteiger partial charge in [-0.25, -0.2) is 4.39 Å². The fraction of sp³-hybridized carbons (Fsp3) is 0.385. The Balaban J connectivity index is 1.68. The molecule has 0 amide bonds. The summed E-state index contributed by atoms with van der Waals surface area (Å²) < 4.78 is 14.5. The molecule has 0 nitrogen and oxygen atoms in total. The Bertz CT molecular complexity index is 876. The summed E-state index contributed by atoms with van der Waals surface area (Å²) in [6.07, 6.45) is 7.53. The second kappa shape index (κ2) is 9.43. The number of benzene rings is 2. The molecule has 138 valence electrons. The van der Waals surface area contributed by atoms with Crippen molar-refractivity contribution in [3.05, 3.63) is 70.5 Å². The fourth-order valence-corrected chi connectivity index (χ4v) is 4.00. The minimum Gasteiger partial charge on any atom is -0.206 e. The molecule has 1 fully saturated rings. The van der Waals surface area contributed by atoms with Crippen molar-refractivity contribution in [3.63, 3.8) is 0 Å². The van der Waals surface area contributed by atoms with E-state index in [2.05, 4.69) is 36.7 Å². The van der Waals surface area contributed by atoms with Gasteiger partial charge in [0.1, 0.15) is 5.82 Å². The Kier molecular flexibility index (Phi) is 6.73. The lowest BCUT2D eigenvalue weighted by Gasteiger charge is -2.28. The van der Waals surface area contributed by atoms with E-state index >= 15 is 0 Å². The van der Waals surface area contributed by atoms with Crippen molar-refractivity contribution in [2.24, 2.45) is 5.92 Å². The fourth-order valence-electron chi connectivity index (χ4n) is 4.00. The Morgan fingerprint density at radius 1 is 0.889 bits per heavy atom. The van der Waals surface area contributed by atoms with E-state index in [0.29, 0.717) is 11.5 Å². The highest BCUT2D eigenvalue weighted by Crippen LogP contribution is 2.37. The highest BCUT2D eigenvalue weighted by atomic mass is 19.1. The van der Waals surface area contributed by atoms with Gasteiger partial charge in [0.15, 0.2) is 0 Å². The lowest BCUT2D eigenvalue weighted by Crippen LogP contribution is -2.13. The van der Waals surface area contributed by atoms with Crippen molar-refractivity contribution in [1.82, 2.24) is 0 Å². The highest BCUT2D eigenvalue weighted by molar-refractivity contribution is 5.46. The quantitative estimate of drug-likeness (QED) is 0.537. The van der Waals surface area contributed by atoms with Gasteiger partial charge >= 0.3 is 0 Å². The van der Waals surface area contributed by atoms with Crippen LogP contribution in [0.4, 0.5) is 4.39 Å². The normalized spacial score (nSPS) is 18.8. The average Bonchev–Trinajstić information content (AvgIpc) is 2.69. The van der Waals surface area contributed by atoms with E-state index in [1.165, 1.54) is 38.5 Å². The van der Waals surface area contributed by atoms with Gasteiger partial charge in [-0.1, -0.05) is 43.6 Å². The maximum absolute atomic E-state index is 14.5. The number of rotatable bonds is 3. The molecular formula is C26H27F. The highest BCUT2D eigenvalue weighted by Gasteiger charge is 2.22. The van der Waals surface area contributed by atoms with Crippen LogP contribution in [-0.2, 0) is 0 Å². The monoisotopic (exact) mass is 358 g/mol. The largest absolute Gasteiger partial charge is 0.206 e. The van der Waals surface area contributed by atoms with E-state index in [9.17, 15) is 4.39 Å². The zero-order chi connectivity index (χ0) is 19.1. The van der Waals surface area contributed by atoms with Crippen molar-refractivity contribution < 1.29 is 4.39 Å². The minimum absolute atomic E-state index is 0.204. The van der Waals surface area contributed by atoms with Gasteiger partial charge in [0.25, 0.3) is 0 Å². The molecule has 1 aliphatic carbocycles. The van der Waals surface area contributed by atoms with Gasteiger partial charge in [0, 0.05) is 11.1 Å².